The van der Waals surface area contributed by atoms with Crippen LogP contribution in [0.5, 0.6) is 5.75 Å². The lowest BCUT2D eigenvalue weighted by Gasteiger charge is -2.14. The molecule has 0 unspecified atom stereocenters. The molecule has 0 amide bonds. The summed E-state index contributed by atoms with van der Waals surface area (Å²) in [7, 11) is 1.73. The molecule has 0 heterocycles. The number of para-hydroxylation sites is 1. The number of hydrogen-bond acceptors (Lipinski definition) is 2. The van der Waals surface area contributed by atoms with Crippen LogP contribution in [0, 0.1) is 6.92 Å². The Labute approximate surface area is 120 Å². The molecule has 0 radical (unpaired) electrons. The molecule has 104 valence electrons. The third kappa shape index (κ3) is 2.86. The van der Waals surface area contributed by atoms with Crippen LogP contribution in [0.4, 0.5) is 0 Å². The highest BCUT2D eigenvalue weighted by Gasteiger charge is 2.20. The number of hydrogen-bond donors (Lipinski definition) is 1. The zero-order valence-electron chi connectivity index (χ0n) is 12.1. The van der Waals surface area contributed by atoms with Crippen LogP contribution in [0.2, 0.25) is 0 Å². The largest absolute Gasteiger partial charge is 0.496 e. The summed E-state index contributed by atoms with van der Waals surface area (Å²) in [5, 5.41) is 3.60. The molecule has 2 aromatic carbocycles. The smallest absolute Gasteiger partial charge is 0.126 e. The fraction of sp³-hybridized carbons (Fsp3) is 0.333. The van der Waals surface area contributed by atoms with Gasteiger partial charge in [0, 0.05) is 18.2 Å². The highest BCUT2D eigenvalue weighted by Crippen LogP contribution is 2.33. The van der Waals surface area contributed by atoms with Crippen molar-refractivity contribution in [2.24, 2.45) is 0 Å². The van der Waals surface area contributed by atoms with Crippen molar-refractivity contribution < 1.29 is 4.74 Å². The zero-order chi connectivity index (χ0) is 13.9. The maximum Gasteiger partial charge on any atom is 0.126 e. The molecule has 0 bridgehead atoms. The quantitative estimate of drug-likeness (QED) is 0.886. The molecule has 0 saturated heterocycles. The Hall–Kier alpha value is -1.80. The third-order valence-corrected chi connectivity index (χ3v) is 3.82. The molecular weight excluding hydrogens is 246 g/mol. The number of ether oxygens (including phenoxy) is 1. The van der Waals surface area contributed by atoms with Gasteiger partial charge in [0.1, 0.15) is 5.75 Å². The Balaban J connectivity index is 1.98. The lowest BCUT2D eigenvalue weighted by molar-refractivity contribution is 0.416. The normalized spacial score (nSPS) is 14.3. The molecule has 1 fully saturated rings. The first-order chi connectivity index (χ1) is 9.78. The van der Waals surface area contributed by atoms with Gasteiger partial charge in [-0.1, -0.05) is 42.0 Å². The summed E-state index contributed by atoms with van der Waals surface area (Å²) < 4.78 is 5.51. The van der Waals surface area contributed by atoms with Crippen molar-refractivity contribution in [3.63, 3.8) is 0 Å². The molecule has 1 saturated carbocycles. The topological polar surface area (TPSA) is 21.3 Å². The van der Waals surface area contributed by atoms with Crippen LogP contribution in [0.25, 0.3) is 11.1 Å². The van der Waals surface area contributed by atoms with Crippen molar-refractivity contribution in [3.8, 4) is 16.9 Å². The molecule has 1 N–H and O–H groups in total. The van der Waals surface area contributed by atoms with Crippen LogP contribution in [0.1, 0.15) is 24.0 Å². The van der Waals surface area contributed by atoms with Crippen LogP contribution in [0.3, 0.4) is 0 Å². The minimum atomic E-state index is 0.724. The van der Waals surface area contributed by atoms with E-state index in [1.807, 2.05) is 12.1 Å². The zero-order valence-corrected chi connectivity index (χ0v) is 12.1. The van der Waals surface area contributed by atoms with Crippen LogP contribution < -0.4 is 10.1 Å². The fourth-order valence-corrected chi connectivity index (χ4v) is 2.50. The van der Waals surface area contributed by atoms with E-state index in [1.54, 1.807) is 7.11 Å². The van der Waals surface area contributed by atoms with Crippen molar-refractivity contribution >= 4 is 0 Å². The number of rotatable bonds is 5. The summed E-state index contributed by atoms with van der Waals surface area (Å²) in [6, 6.07) is 15.6. The molecule has 2 nitrogen and oxygen atoms in total. The van der Waals surface area contributed by atoms with Gasteiger partial charge in [-0.15, -0.1) is 0 Å². The first kappa shape index (κ1) is 13.2. The predicted molar refractivity (Wildman–Crippen MR) is 83.0 cm³/mol. The van der Waals surface area contributed by atoms with E-state index in [4.69, 9.17) is 4.74 Å². The van der Waals surface area contributed by atoms with Crippen molar-refractivity contribution in [3.05, 3.63) is 53.6 Å². The number of methoxy groups -OCH3 is 1. The van der Waals surface area contributed by atoms with E-state index in [0.717, 1.165) is 18.3 Å². The Morgan fingerprint density at radius 1 is 1.10 bits per heavy atom. The molecule has 1 aliphatic carbocycles. The fourth-order valence-electron chi connectivity index (χ4n) is 2.50. The lowest BCUT2D eigenvalue weighted by atomic mass is 9.96. The van der Waals surface area contributed by atoms with E-state index < -0.39 is 0 Å². The molecule has 0 atom stereocenters. The van der Waals surface area contributed by atoms with Crippen LogP contribution in [-0.4, -0.2) is 13.2 Å². The van der Waals surface area contributed by atoms with E-state index >= 15 is 0 Å². The van der Waals surface area contributed by atoms with Crippen molar-refractivity contribution in [1.82, 2.24) is 5.32 Å². The summed E-state index contributed by atoms with van der Waals surface area (Å²) in [6.07, 6.45) is 2.63. The van der Waals surface area contributed by atoms with Crippen LogP contribution >= 0.6 is 0 Å². The summed E-state index contributed by atoms with van der Waals surface area (Å²) >= 11 is 0. The average Bonchev–Trinajstić information content (AvgIpc) is 3.30. The van der Waals surface area contributed by atoms with E-state index in [1.165, 1.54) is 35.1 Å². The number of aryl methyl sites for hydroxylation is 1. The monoisotopic (exact) mass is 267 g/mol. The molecule has 1 aliphatic rings. The second-order valence-corrected chi connectivity index (χ2v) is 5.52. The van der Waals surface area contributed by atoms with Crippen molar-refractivity contribution in [2.75, 3.05) is 7.11 Å². The lowest BCUT2D eigenvalue weighted by Crippen LogP contribution is -2.16. The van der Waals surface area contributed by atoms with Gasteiger partial charge in [-0.3, -0.25) is 0 Å². The standard InChI is InChI=1S/C18H21NO/c1-13-7-8-14(12-19-15-9-10-15)17(11-13)16-5-3-4-6-18(16)20-2/h3-8,11,15,19H,9-10,12H2,1-2H3. The van der Waals surface area contributed by atoms with Crippen LogP contribution in [0.15, 0.2) is 42.5 Å². The van der Waals surface area contributed by atoms with Gasteiger partial charge >= 0.3 is 0 Å². The van der Waals surface area contributed by atoms with Gasteiger partial charge in [0.2, 0.25) is 0 Å². The minimum absolute atomic E-state index is 0.724. The minimum Gasteiger partial charge on any atom is -0.496 e. The van der Waals surface area contributed by atoms with Gasteiger partial charge in [0.25, 0.3) is 0 Å². The van der Waals surface area contributed by atoms with Crippen molar-refractivity contribution in [1.29, 1.82) is 0 Å². The maximum absolute atomic E-state index is 5.51. The number of benzene rings is 2. The summed E-state index contributed by atoms with van der Waals surface area (Å²) in [5.74, 6) is 0.936. The Morgan fingerprint density at radius 3 is 2.65 bits per heavy atom. The second kappa shape index (κ2) is 5.68. The highest BCUT2D eigenvalue weighted by molar-refractivity contribution is 5.74. The van der Waals surface area contributed by atoms with Gasteiger partial charge in [0.05, 0.1) is 7.11 Å². The molecular formula is C18H21NO. The van der Waals surface area contributed by atoms with E-state index in [0.29, 0.717) is 0 Å². The van der Waals surface area contributed by atoms with Gasteiger partial charge in [-0.05, 0) is 37.0 Å². The summed E-state index contributed by atoms with van der Waals surface area (Å²) in [5.41, 5.74) is 5.06. The third-order valence-electron chi connectivity index (χ3n) is 3.82. The molecule has 2 aromatic rings. The predicted octanol–water partition coefficient (Wildman–Crippen LogP) is 3.92. The first-order valence-corrected chi connectivity index (χ1v) is 7.24. The highest BCUT2D eigenvalue weighted by atomic mass is 16.5. The Bertz CT molecular complexity index is 602. The molecule has 3 rings (SSSR count). The van der Waals surface area contributed by atoms with E-state index in [2.05, 4.69) is 42.6 Å². The van der Waals surface area contributed by atoms with Gasteiger partial charge < -0.3 is 10.1 Å². The Morgan fingerprint density at radius 2 is 1.90 bits per heavy atom. The molecule has 2 heteroatoms. The maximum atomic E-state index is 5.51. The average molecular weight is 267 g/mol. The van der Waals surface area contributed by atoms with Gasteiger partial charge in [0.15, 0.2) is 0 Å². The van der Waals surface area contributed by atoms with E-state index in [9.17, 15) is 0 Å². The Kier molecular flexibility index (Phi) is 3.75. The molecule has 20 heavy (non-hydrogen) atoms. The molecule has 0 aromatic heterocycles. The molecule has 0 spiro atoms. The summed E-state index contributed by atoms with van der Waals surface area (Å²) in [4.78, 5) is 0. The first-order valence-electron chi connectivity index (χ1n) is 7.24. The van der Waals surface area contributed by atoms with E-state index in [-0.39, 0.29) is 0 Å². The molecule has 0 aliphatic heterocycles. The van der Waals surface area contributed by atoms with Gasteiger partial charge in [-0.2, -0.15) is 0 Å². The van der Waals surface area contributed by atoms with Crippen LogP contribution in [-0.2, 0) is 6.54 Å². The summed E-state index contributed by atoms with van der Waals surface area (Å²) in [6.45, 7) is 3.06. The van der Waals surface area contributed by atoms with Crippen molar-refractivity contribution in [2.45, 2.75) is 32.4 Å². The second-order valence-electron chi connectivity index (χ2n) is 5.52. The van der Waals surface area contributed by atoms with Gasteiger partial charge in [-0.25, -0.2) is 0 Å². The number of nitrogens with one attached hydrogen (secondary N) is 1. The SMILES string of the molecule is COc1ccccc1-c1cc(C)ccc1CNC1CC1.